The van der Waals surface area contributed by atoms with Crippen molar-refractivity contribution in [3.63, 3.8) is 0 Å². The van der Waals surface area contributed by atoms with E-state index in [1.807, 2.05) is 12.1 Å². The Morgan fingerprint density at radius 2 is 2.31 bits per heavy atom. The summed E-state index contributed by atoms with van der Waals surface area (Å²) in [5, 5.41) is 21.6. The maximum absolute atomic E-state index is 9.68. The van der Waals surface area contributed by atoms with Crippen LogP contribution < -0.4 is 11.1 Å². The van der Waals surface area contributed by atoms with E-state index in [-0.39, 0.29) is 6.10 Å². The van der Waals surface area contributed by atoms with Crippen LogP contribution in [0.4, 0.5) is 11.4 Å². The molecule has 16 heavy (non-hydrogen) atoms. The van der Waals surface area contributed by atoms with E-state index >= 15 is 0 Å². The maximum atomic E-state index is 9.68. The molecule has 0 amide bonds. The van der Waals surface area contributed by atoms with Crippen molar-refractivity contribution in [1.29, 1.82) is 5.26 Å². The predicted molar refractivity (Wildman–Crippen MR) is 62.8 cm³/mol. The number of aliphatic hydroxyl groups excluding tert-OH is 1. The molecule has 0 saturated heterocycles. The molecule has 1 fully saturated rings. The zero-order valence-corrected chi connectivity index (χ0v) is 8.98. The molecule has 4 N–H and O–H groups in total. The van der Waals surface area contributed by atoms with Gasteiger partial charge in [-0.3, -0.25) is 0 Å². The number of nitrogens with one attached hydrogen (secondary N) is 1. The third-order valence-corrected chi connectivity index (χ3v) is 2.86. The highest BCUT2D eigenvalue weighted by Gasteiger charge is 2.29. The van der Waals surface area contributed by atoms with Gasteiger partial charge in [-0.1, -0.05) is 0 Å². The topological polar surface area (TPSA) is 82.1 Å². The molecular formula is C12H15N3O. The molecule has 1 unspecified atom stereocenters. The molecule has 0 radical (unpaired) electrons. The van der Waals surface area contributed by atoms with Gasteiger partial charge in [-0.2, -0.15) is 5.26 Å². The summed E-state index contributed by atoms with van der Waals surface area (Å²) >= 11 is 0. The van der Waals surface area contributed by atoms with Gasteiger partial charge in [-0.05, 0) is 37.0 Å². The zero-order valence-electron chi connectivity index (χ0n) is 8.98. The van der Waals surface area contributed by atoms with Gasteiger partial charge in [0.05, 0.1) is 11.7 Å². The third-order valence-electron chi connectivity index (χ3n) is 2.86. The summed E-state index contributed by atoms with van der Waals surface area (Å²) in [5.41, 5.74) is 7.38. The van der Waals surface area contributed by atoms with Gasteiger partial charge >= 0.3 is 0 Å². The molecule has 4 nitrogen and oxygen atoms in total. The molecule has 1 aromatic rings. The van der Waals surface area contributed by atoms with Crippen LogP contribution in [-0.2, 0) is 0 Å². The summed E-state index contributed by atoms with van der Waals surface area (Å²) < 4.78 is 0. The van der Waals surface area contributed by atoms with Gasteiger partial charge in [0.1, 0.15) is 6.07 Å². The van der Waals surface area contributed by atoms with Crippen molar-refractivity contribution in [2.45, 2.75) is 18.9 Å². The molecule has 0 bridgehead atoms. The van der Waals surface area contributed by atoms with E-state index in [9.17, 15) is 5.11 Å². The molecule has 1 aromatic carbocycles. The number of hydrogen-bond donors (Lipinski definition) is 3. The smallest absolute Gasteiger partial charge is 0.101 e. The molecule has 0 heterocycles. The van der Waals surface area contributed by atoms with Crippen molar-refractivity contribution in [2.75, 3.05) is 17.6 Å². The van der Waals surface area contributed by atoms with E-state index < -0.39 is 0 Å². The van der Waals surface area contributed by atoms with Crippen molar-refractivity contribution in [1.82, 2.24) is 0 Å². The Morgan fingerprint density at radius 1 is 1.56 bits per heavy atom. The van der Waals surface area contributed by atoms with E-state index in [2.05, 4.69) is 5.32 Å². The van der Waals surface area contributed by atoms with Crippen LogP contribution in [0.2, 0.25) is 0 Å². The van der Waals surface area contributed by atoms with Crippen LogP contribution in [-0.4, -0.2) is 17.8 Å². The molecule has 2 rings (SSSR count). The number of rotatable bonds is 4. The number of aliphatic hydroxyl groups is 1. The summed E-state index contributed by atoms with van der Waals surface area (Å²) in [6, 6.07) is 7.25. The molecule has 0 aromatic heterocycles. The lowest BCUT2D eigenvalue weighted by Crippen LogP contribution is -2.21. The van der Waals surface area contributed by atoms with Crippen molar-refractivity contribution in [3.05, 3.63) is 23.8 Å². The second kappa shape index (κ2) is 4.42. The number of nitrogens with two attached hydrogens (primary N) is 1. The highest BCUT2D eigenvalue weighted by atomic mass is 16.3. The van der Waals surface area contributed by atoms with Crippen LogP contribution in [0.25, 0.3) is 0 Å². The maximum Gasteiger partial charge on any atom is 0.101 e. The second-order valence-electron chi connectivity index (χ2n) is 4.20. The Balaban J connectivity index is 1.96. The average Bonchev–Trinajstić information content (AvgIpc) is 3.11. The molecular weight excluding hydrogens is 202 g/mol. The predicted octanol–water partition coefficient (Wildman–Crippen LogP) is 1.32. The Bertz CT molecular complexity index is 421. The minimum Gasteiger partial charge on any atom is -0.398 e. The quantitative estimate of drug-likeness (QED) is 0.664. The fourth-order valence-corrected chi connectivity index (χ4v) is 1.63. The number of anilines is 2. The van der Waals surface area contributed by atoms with Crippen molar-refractivity contribution < 1.29 is 5.11 Å². The van der Waals surface area contributed by atoms with Gasteiger partial charge in [-0.15, -0.1) is 0 Å². The van der Waals surface area contributed by atoms with Gasteiger partial charge in [0.15, 0.2) is 0 Å². The van der Waals surface area contributed by atoms with Crippen molar-refractivity contribution in [3.8, 4) is 6.07 Å². The Hall–Kier alpha value is -1.73. The largest absolute Gasteiger partial charge is 0.398 e. The second-order valence-corrected chi connectivity index (χ2v) is 4.20. The minimum atomic E-state index is -0.289. The van der Waals surface area contributed by atoms with Gasteiger partial charge < -0.3 is 16.2 Å². The lowest BCUT2D eigenvalue weighted by atomic mass is 10.1. The Kier molecular flexibility index (Phi) is 2.97. The van der Waals surface area contributed by atoms with E-state index in [0.717, 1.165) is 18.5 Å². The molecule has 4 heteroatoms. The molecule has 1 aliphatic rings. The van der Waals surface area contributed by atoms with Crippen LogP contribution in [0, 0.1) is 17.2 Å². The first kappa shape index (κ1) is 10.8. The first-order chi connectivity index (χ1) is 7.70. The molecule has 84 valence electrons. The average molecular weight is 217 g/mol. The zero-order chi connectivity index (χ0) is 11.5. The van der Waals surface area contributed by atoms with E-state index in [4.69, 9.17) is 11.0 Å². The number of benzene rings is 1. The first-order valence-electron chi connectivity index (χ1n) is 5.42. The fraction of sp³-hybridized carbons (Fsp3) is 0.417. The Morgan fingerprint density at radius 3 is 2.94 bits per heavy atom. The summed E-state index contributed by atoms with van der Waals surface area (Å²) in [4.78, 5) is 0. The SMILES string of the molecule is N#Cc1cc(NCC(O)C2CC2)ccc1N. The van der Waals surface area contributed by atoms with E-state index in [1.54, 1.807) is 12.1 Å². The standard InChI is InChI=1S/C12H15N3O/c13-6-9-5-10(3-4-11(9)14)15-7-12(16)8-1-2-8/h3-5,8,12,15-16H,1-2,7,14H2. The Labute approximate surface area is 94.7 Å². The van der Waals surface area contributed by atoms with Gasteiger partial charge in [0.2, 0.25) is 0 Å². The van der Waals surface area contributed by atoms with Gasteiger partial charge in [-0.25, -0.2) is 0 Å². The van der Waals surface area contributed by atoms with Gasteiger partial charge in [0.25, 0.3) is 0 Å². The lowest BCUT2D eigenvalue weighted by Gasteiger charge is -2.12. The van der Waals surface area contributed by atoms with E-state index in [1.165, 1.54) is 0 Å². The number of hydrogen-bond acceptors (Lipinski definition) is 4. The summed E-state index contributed by atoms with van der Waals surface area (Å²) in [6.07, 6.45) is 1.95. The number of nitrogens with zero attached hydrogens (tertiary/aromatic N) is 1. The third kappa shape index (κ3) is 2.44. The number of nitrogen functional groups attached to an aromatic ring is 1. The van der Waals surface area contributed by atoms with Crippen LogP contribution in [0.3, 0.4) is 0 Å². The van der Waals surface area contributed by atoms with Crippen LogP contribution >= 0.6 is 0 Å². The normalized spacial score (nSPS) is 16.5. The molecule has 0 aliphatic heterocycles. The van der Waals surface area contributed by atoms with Crippen molar-refractivity contribution in [2.24, 2.45) is 5.92 Å². The molecule has 0 spiro atoms. The first-order valence-corrected chi connectivity index (χ1v) is 5.42. The molecule has 1 aliphatic carbocycles. The highest BCUT2D eigenvalue weighted by molar-refractivity contribution is 5.61. The molecule has 1 atom stereocenters. The van der Waals surface area contributed by atoms with Gasteiger partial charge in [0, 0.05) is 17.9 Å². The lowest BCUT2D eigenvalue weighted by molar-refractivity contribution is 0.164. The van der Waals surface area contributed by atoms with Crippen LogP contribution in [0.5, 0.6) is 0 Å². The van der Waals surface area contributed by atoms with Crippen molar-refractivity contribution >= 4 is 11.4 Å². The summed E-state index contributed by atoms with van der Waals surface area (Å²) in [5.74, 6) is 0.455. The number of nitriles is 1. The fourth-order valence-electron chi connectivity index (χ4n) is 1.63. The van der Waals surface area contributed by atoms with Crippen LogP contribution in [0.15, 0.2) is 18.2 Å². The van der Waals surface area contributed by atoms with E-state index in [0.29, 0.717) is 23.7 Å². The summed E-state index contributed by atoms with van der Waals surface area (Å²) in [6.45, 7) is 0.527. The summed E-state index contributed by atoms with van der Waals surface area (Å²) in [7, 11) is 0. The molecule has 1 saturated carbocycles. The monoisotopic (exact) mass is 217 g/mol. The highest BCUT2D eigenvalue weighted by Crippen LogP contribution is 2.32. The van der Waals surface area contributed by atoms with Crippen LogP contribution in [0.1, 0.15) is 18.4 Å². The minimum absolute atomic E-state index is 0.289.